The fraction of sp³-hybridized carbons (Fsp3) is 0.308. The van der Waals surface area contributed by atoms with Crippen LogP contribution in [0.1, 0.15) is 36.5 Å². The van der Waals surface area contributed by atoms with Gasteiger partial charge < -0.3 is 30.2 Å². The number of aliphatic carboxylic acids is 1. The van der Waals surface area contributed by atoms with Crippen molar-refractivity contribution in [1.82, 2.24) is 20.6 Å². The monoisotopic (exact) mass is 639 g/mol. The predicted molar refractivity (Wildman–Crippen MR) is 152 cm³/mol. The number of aromatic amines is 1. The largest absolute Gasteiger partial charge is 0.480 e. The minimum Gasteiger partial charge on any atom is -0.480 e. The Bertz CT molecular complexity index is 1540. The number of H-pyrrole nitrogens is 1. The summed E-state index contributed by atoms with van der Waals surface area (Å²) in [6.45, 7) is 2.69. The molecule has 0 bridgehead atoms. The molecule has 2 heterocycles. The first-order valence-corrected chi connectivity index (χ1v) is 13.4. The van der Waals surface area contributed by atoms with Crippen molar-refractivity contribution >= 4 is 81.3 Å². The van der Waals surface area contributed by atoms with Crippen LogP contribution in [0, 0.1) is 0 Å². The Kier molecular flexibility index (Phi) is 8.85. The SMILES string of the molecule is CC(C)(OC(=O)N[C@@H](Cc1ccc2c(c1)NC(=O)C(CC(=O)NC(=O)c1nc3ccccc3[nH]1)O2)C(=O)O)C(Cl)(Cl)Cl. The molecule has 0 spiro atoms. The highest BCUT2D eigenvalue weighted by Crippen LogP contribution is 2.40. The molecule has 0 radical (unpaired) electrons. The number of halogens is 3. The van der Waals surface area contributed by atoms with Gasteiger partial charge >= 0.3 is 12.1 Å². The molecular formula is C26H24Cl3N5O8. The van der Waals surface area contributed by atoms with E-state index in [1.807, 2.05) is 0 Å². The number of para-hydroxylation sites is 2. The molecule has 3 aromatic rings. The first kappa shape index (κ1) is 30.9. The summed E-state index contributed by atoms with van der Waals surface area (Å²) in [6, 6.07) is 9.98. The lowest BCUT2D eigenvalue weighted by Gasteiger charge is -2.32. The third kappa shape index (κ3) is 7.22. The zero-order valence-corrected chi connectivity index (χ0v) is 24.3. The van der Waals surface area contributed by atoms with Crippen molar-refractivity contribution in [3.05, 3.63) is 53.9 Å². The summed E-state index contributed by atoms with van der Waals surface area (Å²) in [7, 11) is 0. The quantitative estimate of drug-likeness (QED) is 0.230. The molecule has 0 saturated heterocycles. The van der Waals surface area contributed by atoms with Crippen LogP contribution in [-0.4, -0.2) is 66.4 Å². The number of ether oxygens (including phenoxy) is 2. The van der Waals surface area contributed by atoms with Crippen molar-refractivity contribution in [3.8, 4) is 5.75 Å². The molecule has 2 aromatic carbocycles. The number of rotatable bonds is 8. The Morgan fingerprint density at radius 1 is 1.14 bits per heavy atom. The van der Waals surface area contributed by atoms with Crippen molar-refractivity contribution in [2.75, 3.05) is 5.32 Å². The number of fused-ring (bicyclic) bond motifs is 2. The van der Waals surface area contributed by atoms with Crippen molar-refractivity contribution in [2.45, 2.75) is 48.2 Å². The molecule has 4 amide bonds. The maximum absolute atomic E-state index is 12.6. The number of nitrogens with zero attached hydrogens (tertiary/aromatic N) is 1. The molecule has 0 fully saturated rings. The smallest absolute Gasteiger partial charge is 0.408 e. The number of alkyl carbamates (subject to hydrolysis) is 1. The van der Waals surface area contributed by atoms with Gasteiger partial charge in [0.25, 0.3) is 11.8 Å². The summed E-state index contributed by atoms with van der Waals surface area (Å²) in [5.41, 5.74) is 0.243. The van der Waals surface area contributed by atoms with Crippen LogP contribution in [0.5, 0.6) is 5.75 Å². The summed E-state index contributed by atoms with van der Waals surface area (Å²) < 4.78 is 8.77. The van der Waals surface area contributed by atoms with Crippen LogP contribution in [-0.2, 0) is 25.5 Å². The summed E-state index contributed by atoms with van der Waals surface area (Å²) >= 11 is 17.4. The molecule has 1 unspecified atom stereocenters. The Labute approximate surface area is 253 Å². The van der Waals surface area contributed by atoms with Gasteiger partial charge in [-0.3, -0.25) is 19.7 Å². The number of anilines is 1. The van der Waals surface area contributed by atoms with E-state index in [1.54, 1.807) is 24.3 Å². The first-order chi connectivity index (χ1) is 19.6. The molecule has 4 rings (SSSR count). The number of hydrogen-bond acceptors (Lipinski definition) is 8. The van der Waals surface area contributed by atoms with Crippen LogP contribution in [0.3, 0.4) is 0 Å². The van der Waals surface area contributed by atoms with Gasteiger partial charge in [-0.1, -0.05) is 53.0 Å². The van der Waals surface area contributed by atoms with Crippen molar-refractivity contribution < 1.29 is 38.6 Å². The summed E-state index contributed by atoms with van der Waals surface area (Å²) in [5.74, 6) is -3.40. The second-order valence-corrected chi connectivity index (χ2v) is 12.0. The normalized spacial score (nSPS) is 15.5. The molecule has 1 aliphatic rings. The number of carboxylic acid groups (broad SMARTS) is 1. The van der Waals surface area contributed by atoms with E-state index in [2.05, 4.69) is 25.9 Å². The molecular weight excluding hydrogens is 617 g/mol. The maximum Gasteiger partial charge on any atom is 0.408 e. The molecule has 0 aliphatic carbocycles. The fourth-order valence-corrected chi connectivity index (χ4v) is 3.94. The maximum atomic E-state index is 12.6. The number of imidazole rings is 1. The number of carbonyl (C=O) groups excluding carboxylic acids is 4. The minimum absolute atomic E-state index is 0.0622. The topological polar surface area (TPSA) is 189 Å². The summed E-state index contributed by atoms with van der Waals surface area (Å²) in [5, 5.41) is 16.6. The van der Waals surface area contributed by atoms with Gasteiger partial charge in [-0.05, 0) is 43.7 Å². The molecule has 42 heavy (non-hydrogen) atoms. The lowest BCUT2D eigenvalue weighted by molar-refractivity contribution is -0.139. The van der Waals surface area contributed by atoms with E-state index in [1.165, 1.54) is 32.0 Å². The van der Waals surface area contributed by atoms with Crippen LogP contribution < -0.4 is 20.7 Å². The van der Waals surface area contributed by atoms with Crippen LogP contribution in [0.25, 0.3) is 11.0 Å². The number of alkyl halides is 3. The summed E-state index contributed by atoms with van der Waals surface area (Å²) in [4.78, 5) is 68.6. The van der Waals surface area contributed by atoms with Gasteiger partial charge in [0.15, 0.2) is 17.5 Å². The number of benzene rings is 2. The average molecular weight is 641 g/mol. The highest BCUT2D eigenvalue weighted by molar-refractivity contribution is 6.68. The van der Waals surface area contributed by atoms with Crippen molar-refractivity contribution in [3.63, 3.8) is 0 Å². The van der Waals surface area contributed by atoms with Crippen LogP contribution in [0.4, 0.5) is 10.5 Å². The lowest BCUT2D eigenvalue weighted by atomic mass is 10.0. The van der Waals surface area contributed by atoms with E-state index in [9.17, 15) is 29.1 Å². The number of hydrogen-bond donors (Lipinski definition) is 5. The lowest BCUT2D eigenvalue weighted by Crippen LogP contribution is -2.48. The van der Waals surface area contributed by atoms with Crippen LogP contribution >= 0.6 is 34.8 Å². The van der Waals surface area contributed by atoms with E-state index < -0.39 is 57.7 Å². The Balaban J connectivity index is 1.36. The average Bonchev–Trinajstić information content (AvgIpc) is 3.32. The fourth-order valence-electron chi connectivity index (χ4n) is 3.82. The Hall–Kier alpha value is -4.07. The Morgan fingerprint density at radius 2 is 1.86 bits per heavy atom. The molecule has 13 nitrogen and oxygen atoms in total. The number of carboxylic acids is 1. The van der Waals surface area contributed by atoms with E-state index in [4.69, 9.17) is 44.3 Å². The van der Waals surface area contributed by atoms with Gasteiger partial charge in [-0.15, -0.1) is 0 Å². The zero-order valence-electron chi connectivity index (χ0n) is 22.0. The van der Waals surface area contributed by atoms with Crippen molar-refractivity contribution in [2.24, 2.45) is 0 Å². The third-order valence-electron chi connectivity index (χ3n) is 6.15. The molecule has 16 heteroatoms. The molecule has 2 atom stereocenters. The number of carbonyl (C=O) groups is 5. The number of imide groups is 1. The standard InChI is InChI=1S/C26H24Cl3N5O8/c1-25(2,26(27,28)29)42-24(40)33-16(23(38)39)10-12-7-8-17-15(9-12)32-21(36)18(41-17)11-19(35)34-22(37)20-30-13-5-3-4-6-14(13)31-20/h3-9,16,18H,10-11H2,1-2H3,(H,30,31)(H,32,36)(H,33,40)(H,38,39)(H,34,35,37)/t16-,18?/m0/s1. The highest BCUT2D eigenvalue weighted by atomic mass is 35.6. The van der Waals surface area contributed by atoms with Gasteiger partial charge in [-0.25, -0.2) is 14.6 Å². The molecule has 222 valence electrons. The van der Waals surface area contributed by atoms with Gasteiger partial charge in [0, 0.05) is 6.42 Å². The van der Waals surface area contributed by atoms with Crippen LogP contribution in [0.2, 0.25) is 0 Å². The Morgan fingerprint density at radius 3 is 2.52 bits per heavy atom. The first-order valence-electron chi connectivity index (χ1n) is 12.3. The van der Waals surface area contributed by atoms with Crippen molar-refractivity contribution in [1.29, 1.82) is 0 Å². The molecule has 0 saturated carbocycles. The molecule has 5 N–H and O–H groups in total. The number of amides is 4. The van der Waals surface area contributed by atoms with E-state index >= 15 is 0 Å². The van der Waals surface area contributed by atoms with Crippen LogP contribution in [0.15, 0.2) is 42.5 Å². The van der Waals surface area contributed by atoms with Gasteiger partial charge in [-0.2, -0.15) is 0 Å². The van der Waals surface area contributed by atoms with Gasteiger partial charge in [0.05, 0.1) is 23.1 Å². The minimum atomic E-state index is -1.97. The predicted octanol–water partition coefficient (Wildman–Crippen LogP) is 3.48. The van der Waals surface area contributed by atoms with E-state index in [0.29, 0.717) is 16.6 Å². The number of nitrogens with one attached hydrogen (secondary N) is 4. The number of aromatic nitrogens is 2. The molecule has 1 aromatic heterocycles. The van der Waals surface area contributed by atoms with E-state index in [0.717, 1.165) is 0 Å². The van der Waals surface area contributed by atoms with Gasteiger partial charge in [0.2, 0.25) is 9.70 Å². The molecule has 1 aliphatic heterocycles. The summed E-state index contributed by atoms with van der Waals surface area (Å²) in [6.07, 6.45) is -3.02. The second-order valence-electron chi connectivity index (χ2n) is 9.75. The second kappa shape index (κ2) is 12.0. The third-order valence-corrected chi connectivity index (χ3v) is 7.52. The zero-order chi connectivity index (χ0) is 30.8. The van der Waals surface area contributed by atoms with E-state index in [-0.39, 0.29) is 23.7 Å². The highest BCUT2D eigenvalue weighted by Gasteiger charge is 2.44. The van der Waals surface area contributed by atoms with Gasteiger partial charge in [0.1, 0.15) is 11.8 Å².